The molecule has 3 aliphatic heterocycles. The number of nitrogens with one attached hydrogen (secondary N) is 2. The highest BCUT2D eigenvalue weighted by Crippen LogP contribution is 2.55. The predicted molar refractivity (Wildman–Crippen MR) is 250 cm³/mol. The minimum Gasteiger partial charge on any atom is -0.393 e. The molecule has 358 valence electrons. The number of nitrogens with zero attached hydrogens (tertiary/aromatic N) is 6. The van der Waals surface area contributed by atoms with Gasteiger partial charge < -0.3 is 30.0 Å². The zero-order valence-corrected chi connectivity index (χ0v) is 39.2. The summed E-state index contributed by atoms with van der Waals surface area (Å²) < 4.78 is 58.0. The van der Waals surface area contributed by atoms with Gasteiger partial charge in [0, 0.05) is 68.1 Å². The minimum atomic E-state index is -4.55. The van der Waals surface area contributed by atoms with E-state index in [9.17, 15) is 32.7 Å². The number of benzene rings is 2. The van der Waals surface area contributed by atoms with Crippen LogP contribution in [0.1, 0.15) is 119 Å². The van der Waals surface area contributed by atoms with Crippen molar-refractivity contribution in [2.75, 3.05) is 66.8 Å². The first-order valence-electron chi connectivity index (χ1n) is 23.8. The molecule has 3 aromatic rings. The first-order valence-corrected chi connectivity index (χ1v) is 24.7. The fourth-order valence-corrected chi connectivity index (χ4v) is 12.1. The first kappa shape index (κ1) is 48.0. The average Bonchev–Trinajstić information content (AvgIpc) is 4.16. The quantitative estimate of drug-likeness (QED) is 0.0914. The lowest BCUT2D eigenvalue weighted by molar-refractivity contribution is -0.139. The Labute approximate surface area is 389 Å². The molecule has 3 saturated heterocycles. The van der Waals surface area contributed by atoms with Crippen LogP contribution < -0.4 is 25.3 Å². The zero-order chi connectivity index (χ0) is 46.8. The van der Waals surface area contributed by atoms with Crippen molar-refractivity contribution in [3.8, 4) is 0 Å². The number of aliphatic hydroxyl groups excluding tert-OH is 1. The smallest absolute Gasteiger partial charge is 0.393 e. The molecule has 3 N–H and O–H groups in total. The van der Waals surface area contributed by atoms with E-state index in [2.05, 4.69) is 42.5 Å². The maximum Gasteiger partial charge on any atom is 0.419 e. The van der Waals surface area contributed by atoms with Crippen LogP contribution in [-0.2, 0) is 20.6 Å². The van der Waals surface area contributed by atoms with E-state index in [4.69, 9.17) is 0 Å². The van der Waals surface area contributed by atoms with Gasteiger partial charge in [-0.15, -0.1) is 11.8 Å². The highest BCUT2D eigenvalue weighted by molar-refractivity contribution is 8.00. The van der Waals surface area contributed by atoms with Crippen LogP contribution in [0.25, 0.3) is 0 Å². The molecule has 6 aliphatic rings. The van der Waals surface area contributed by atoms with Gasteiger partial charge in [-0.25, -0.2) is 14.4 Å². The molecule has 3 amide bonds. The van der Waals surface area contributed by atoms with Gasteiger partial charge in [0.05, 0.1) is 34.4 Å². The number of aryl methyl sites for hydroxylation is 1. The highest BCUT2D eigenvalue weighted by atomic mass is 32.2. The van der Waals surface area contributed by atoms with Crippen LogP contribution in [0.4, 0.5) is 46.3 Å². The molecule has 4 heterocycles. The van der Waals surface area contributed by atoms with Crippen LogP contribution >= 0.6 is 11.8 Å². The van der Waals surface area contributed by atoms with E-state index in [0.29, 0.717) is 60.1 Å². The number of amides is 3. The van der Waals surface area contributed by atoms with Crippen molar-refractivity contribution in [3.05, 3.63) is 59.2 Å². The summed E-state index contributed by atoms with van der Waals surface area (Å²) >= 11 is 1.90. The van der Waals surface area contributed by atoms with Crippen molar-refractivity contribution >= 4 is 58.7 Å². The number of aromatic nitrogens is 2. The van der Waals surface area contributed by atoms with E-state index >= 15 is 4.39 Å². The average molecular weight is 937 g/mol. The number of rotatable bonds is 12. The molecule has 1 spiro atoms. The summed E-state index contributed by atoms with van der Waals surface area (Å²) in [5.74, 6) is -1.09. The maximum absolute atomic E-state index is 16.3. The van der Waals surface area contributed by atoms with Gasteiger partial charge in [0.25, 0.3) is 0 Å². The zero-order valence-electron chi connectivity index (χ0n) is 38.3. The summed E-state index contributed by atoms with van der Waals surface area (Å²) in [4.78, 5) is 53.7. The number of hydrogen-bond donors (Lipinski definition) is 3. The summed E-state index contributed by atoms with van der Waals surface area (Å²) in [5, 5.41) is 15.9. The van der Waals surface area contributed by atoms with Crippen LogP contribution in [0.15, 0.2) is 41.4 Å². The molecule has 66 heavy (non-hydrogen) atoms. The predicted octanol–water partition coefficient (Wildman–Crippen LogP) is 8.96. The van der Waals surface area contributed by atoms with Crippen LogP contribution in [0.5, 0.6) is 0 Å². The second-order valence-electron chi connectivity index (χ2n) is 19.7. The Morgan fingerprint density at radius 2 is 1.67 bits per heavy atom. The van der Waals surface area contributed by atoms with Gasteiger partial charge in [0.1, 0.15) is 6.04 Å². The van der Waals surface area contributed by atoms with Crippen LogP contribution in [0.3, 0.4) is 0 Å². The van der Waals surface area contributed by atoms with Gasteiger partial charge in [-0.1, -0.05) is 19.3 Å². The Bertz CT molecular complexity index is 2210. The van der Waals surface area contributed by atoms with Crippen LogP contribution in [0.2, 0.25) is 0 Å². The minimum absolute atomic E-state index is 0.0000780. The lowest BCUT2D eigenvalue weighted by Gasteiger charge is -2.52. The molecular formula is C49H64F4N8O4S. The number of likely N-dealkylation sites (tertiary alicyclic amines) is 1. The Balaban J connectivity index is 0.00000190. The highest BCUT2D eigenvalue weighted by Gasteiger charge is 2.46. The fraction of sp³-hybridized carbons (Fsp3) is 0.612. The molecule has 2 aromatic carbocycles. The lowest BCUT2D eigenvalue weighted by atomic mass is 9.63. The molecule has 1 unspecified atom stereocenters. The van der Waals surface area contributed by atoms with Gasteiger partial charge >= 0.3 is 6.18 Å². The monoisotopic (exact) mass is 936 g/mol. The Morgan fingerprint density at radius 3 is 2.27 bits per heavy atom. The van der Waals surface area contributed by atoms with E-state index in [1.807, 2.05) is 24.8 Å². The number of thioether (sulfide) groups is 1. The molecule has 17 heteroatoms. The molecule has 1 atom stereocenters. The first-order chi connectivity index (χ1) is 31.6. The Kier molecular flexibility index (Phi) is 14.8. The number of imide groups is 1. The number of carbonyl (C=O) groups excluding carboxylic acids is 3. The second-order valence-corrected chi connectivity index (χ2v) is 21.1. The van der Waals surface area contributed by atoms with E-state index in [1.165, 1.54) is 54.7 Å². The SMILES string of the molecule is C1CC1.Cc1cc(SC2CC3(CCN(CC4CCN(c5ccc(N(C=O)C6CCC(=O)NC6=O)c(N(C)C)c5F)CC4)CC3)C2)ccc1Nc1ncc(C(F)(F)F)c(C2CCC(O)CC2)n1. The summed E-state index contributed by atoms with van der Waals surface area (Å²) in [7, 11) is 3.43. The van der Waals surface area contributed by atoms with Crippen molar-refractivity contribution in [2.45, 2.75) is 138 Å². The fourth-order valence-electron chi connectivity index (χ4n) is 10.5. The normalized spacial score (nSPS) is 23.6. The molecular weight excluding hydrogens is 873 g/mol. The summed E-state index contributed by atoms with van der Waals surface area (Å²) in [6.07, 6.45) is 9.63. The standard InChI is InChI=1S/C46H58F4N8O4S.C3H6/c1-28-22-32(8-9-35(28)52-44-51-25-34(46(48,49)50)41(54-44)30-4-6-31(60)7-5-30)63-33-23-45(24-33)16-20-56(21-17-45)26-29-14-18-57(19-15-29)36-10-11-37(42(40(36)47)55(2)3)58(27-59)38-12-13-39(61)53-43(38)62;1-2-3-1/h8-11,22,25,27,29-31,33,38,60H,4-7,12-21,23-24,26H2,1-3H3,(H,51,52,54)(H,53,61,62);1-3H2. The molecule has 0 radical (unpaired) electrons. The molecule has 1 aromatic heterocycles. The van der Waals surface area contributed by atoms with Crippen LogP contribution in [-0.4, -0.2) is 102 Å². The number of alkyl halides is 3. The Hall–Kier alpha value is -4.48. The van der Waals surface area contributed by atoms with Crippen molar-refractivity contribution in [2.24, 2.45) is 11.3 Å². The van der Waals surface area contributed by atoms with E-state index in [0.717, 1.165) is 63.0 Å². The van der Waals surface area contributed by atoms with Crippen molar-refractivity contribution in [3.63, 3.8) is 0 Å². The van der Waals surface area contributed by atoms with Gasteiger partial charge in [-0.2, -0.15) is 13.2 Å². The number of anilines is 5. The topological polar surface area (TPSA) is 134 Å². The summed E-state index contributed by atoms with van der Waals surface area (Å²) in [6.45, 7) is 6.63. The maximum atomic E-state index is 16.3. The lowest BCUT2D eigenvalue weighted by Crippen LogP contribution is -2.52. The van der Waals surface area contributed by atoms with Gasteiger partial charge in [-0.05, 0) is 138 Å². The third-order valence-electron chi connectivity index (χ3n) is 14.5. The number of hydrogen-bond acceptors (Lipinski definition) is 11. The number of halogens is 4. The largest absolute Gasteiger partial charge is 0.419 e. The molecule has 9 rings (SSSR count). The third kappa shape index (κ3) is 11.3. The second kappa shape index (κ2) is 20.4. The van der Waals surface area contributed by atoms with Crippen molar-refractivity contribution in [1.82, 2.24) is 20.2 Å². The molecule has 3 aliphatic carbocycles. The van der Waals surface area contributed by atoms with Gasteiger partial charge in [-0.3, -0.25) is 19.7 Å². The van der Waals surface area contributed by atoms with E-state index in [-0.39, 0.29) is 42.0 Å². The third-order valence-corrected chi connectivity index (χ3v) is 15.7. The summed E-state index contributed by atoms with van der Waals surface area (Å²) in [5.41, 5.74) is 2.30. The molecule has 0 bridgehead atoms. The van der Waals surface area contributed by atoms with E-state index in [1.54, 1.807) is 31.1 Å². The van der Waals surface area contributed by atoms with Crippen LogP contribution in [0, 0.1) is 24.1 Å². The molecule has 12 nitrogen and oxygen atoms in total. The van der Waals surface area contributed by atoms with Crippen molar-refractivity contribution in [1.29, 1.82) is 0 Å². The summed E-state index contributed by atoms with van der Waals surface area (Å²) in [6, 6.07) is 8.64. The van der Waals surface area contributed by atoms with E-state index < -0.39 is 35.6 Å². The molecule has 3 saturated carbocycles. The Morgan fingerprint density at radius 1 is 0.970 bits per heavy atom. The van der Waals surface area contributed by atoms with Gasteiger partial charge in [0.15, 0.2) is 5.82 Å². The van der Waals surface area contributed by atoms with Gasteiger partial charge in [0.2, 0.25) is 24.2 Å². The number of piperidine rings is 3. The number of carbonyl (C=O) groups is 3. The molecule has 6 fully saturated rings. The number of aliphatic hydroxyl groups is 1. The van der Waals surface area contributed by atoms with Crippen molar-refractivity contribution < 1.29 is 37.1 Å².